The van der Waals surface area contributed by atoms with E-state index in [1.165, 1.54) is 38.5 Å². The molecule has 2 amide bonds. The Hall–Kier alpha value is -2.37. The third kappa shape index (κ3) is 4.95. The van der Waals surface area contributed by atoms with Crippen molar-refractivity contribution in [2.75, 3.05) is 0 Å². The minimum Gasteiger partial charge on any atom is -0.346 e. The second kappa shape index (κ2) is 9.86. The van der Waals surface area contributed by atoms with Crippen molar-refractivity contribution in [1.29, 1.82) is 0 Å². The molecule has 0 saturated heterocycles. The molecule has 178 valence electrons. The van der Waals surface area contributed by atoms with Gasteiger partial charge in [0.2, 0.25) is 11.8 Å². The van der Waals surface area contributed by atoms with Gasteiger partial charge in [-0.1, -0.05) is 50.7 Å². The lowest BCUT2D eigenvalue weighted by atomic mass is 9.88. The van der Waals surface area contributed by atoms with Gasteiger partial charge in [0, 0.05) is 18.0 Å². The van der Waals surface area contributed by atoms with E-state index in [4.69, 9.17) is 4.98 Å². The molecule has 5 rings (SSSR count). The van der Waals surface area contributed by atoms with Gasteiger partial charge in [-0.2, -0.15) is 0 Å². The van der Waals surface area contributed by atoms with Crippen LogP contribution in [0.25, 0.3) is 11.0 Å². The van der Waals surface area contributed by atoms with Crippen LogP contribution in [-0.4, -0.2) is 38.3 Å². The Labute approximate surface area is 197 Å². The summed E-state index contributed by atoms with van der Waals surface area (Å²) in [6, 6.07) is 8.54. The Balaban J connectivity index is 1.43. The van der Waals surface area contributed by atoms with E-state index in [0.29, 0.717) is 18.6 Å². The topological polar surface area (TPSA) is 67.2 Å². The Morgan fingerprint density at radius 1 is 0.970 bits per heavy atom. The SMILES string of the molecule is CC(NC(=O)C1CC1)c1nc2ccccc2n1CC(=O)N(C1CCCCC1)C1CCCCC1. The molecule has 3 aliphatic rings. The van der Waals surface area contributed by atoms with E-state index >= 15 is 0 Å². The molecule has 0 aliphatic heterocycles. The first-order chi connectivity index (χ1) is 16.1. The molecule has 3 saturated carbocycles. The van der Waals surface area contributed by atoms with Crippen LogP contribution in [0, 0.1) is 5.92 Å². The Morgan fingerprint density at radius 2 is 1.58 bits per heavy atom. The van der Waals surface area contributed by atoms with Crippen molar-refractivity contribution >= 4 is 22.8 Å². The van der Waals surface area contributed by atoms with Crippen LogP contribution in [0.5, 0.6) is 0 Å². The maximum absolute atomic E-state index is 14.0. The van der Waals surface area contributed by atoms with Crippen molar-refractivity contribution in [3.05, 3.63) is 30.1 Å². The summed E-state index contributed by atoms with van der Waals surface area (Å²) in [5.41, 5.74) is 1.86. The minimum absolute atomic E-state index is 0.110. The number of carbonyl (C=O) groups is 2. The molecule has 6 heteroatoms. The summed E-state index contributed by atoms with van der Waals surface area (Å²) in [6.45, 7) is 2.29. The van der Waals surface area contributed by atoms with E-state index in [9.17, 15) is 9.59 Å². The molecule has 3 aliphatic carbocycles. The van der Waals surface area contributed by atoms with Crippen LogP contribution in [0.2, 0.25) is 0 Å². The summed E-state index contributed by atoms with van der Waals surface area (Å²) in [5.74, 6) is 1.27. The minimum atomic E-state index is -0.226. The first kappa shape index (κ1) is 22.4. The Bertz CT molecular complexity index is 965. The number of hydrogen-bond donors (Lipinski definition) is 1. The predicted molar refractivity (Wildman–Crippen MR) is 130 cm³/mol. The summed E-state index contributed by atoms with van der Waals surface area (Å²) >= 11 is 0. The number of nitrogens with one attached hydrogen (secondary N) is 1. The zero-order valence-corrected chi connectivity index (χ0v) is 20.0. The number of rotatable bonds is 7. The highest BCUT2D eigenvalue weighted by molar-refractivity contribution is 5.83. The van der Waals surface area contributed by atoms with Crippen molar-refractivity contribution in [1.82, 2.24) is 19.8 Å². The van der Waals surface area contributed by atoms with Gasteiger partial charge in [0.25, 0.3) is 0 Å². The molecule has 33 heavy (non-hydrogen) atoms. The van der Waals surface area contributed by atoms with Gasteiger partial charge in [-0.05, 0) is 57.6 Å². The van der Waals surface area contributed by atoms with Crippen LogP contribution < -0.4 is 5.32 Å². The fraction of sp³-hybridized carbons (Fsp3) is 0.667. The van der Waals surface area contributed by atoms with Crippen LogP contribution >= 0.6 is 0 Å². The molecule has 0 spiro atoms. The van der Waals surface area contributed by atoms with Crippen LogP contribution in [0.4, 0.5) is 0 Å². The highest BCUT2D eigenvalue weighted by Crippen LogP contribution is 2.32. The van der Waals surface area contributed by atoms with Crippen LogP contribution in [-0.2, 0) is 16.1 Å². The van der Waals surface area contributed by atoms with Crippen molar-refractivity contribution in [2.45, 2.75) is 109 Å². The molecule has 0 radical (unpaired) electrons. The van der Waals surface area contributed by atoms with Gasteiger partial charge in [-0.15, -0.1) is 0 Å². The third-order valence-corrected chi connectivity index (χ3v) is 7.90. The monoisotopic (exact) mass is 450 g/mol. The van der Waals surface area contributed by atoms with Gasteiger partial charge in [-0.3, -0.25) is 9.59 Å². The highest BCUT2D eigenvalue weighted by Gasteiger charge is 2.34. The summed E-state index contributed by atoms with van der Waals surface area (Å²) in [7, 11) is 0. The number of aromatic nitrogens is 2. The maximum atomic E-state index is 14.0. The number of amides is 2. The molecular formula is C27H38N4O2. The molecule has 3 fully saturated rings. The first-order valence-corrected chi connectivity index (χ1v) is 13.2. The molecule has 1 N–H and O–H groups in total. The van der Waals surface area contributed by atoms with E-state index in [1.807, 2.05) is 31.2 Å². The Kier molecular flexibility index (Phi) is 6.70. The number of para-hydroxylation sites is 2. The molecule has 1 aromatic heterocycles. The molecule has 1 unspecified atom stereocenters. The number of hydrogen-bond acceptors (Lipinski definition) is 3. The lowest BCUT2D eigenvalue weighted by Crippen LogP contribution is -2.50. The predicted octanol–water partition coefficient (Wildman–Crippen LogP) is 5.12. The lowest BCUT2D eigenvalue weighted by molar-refractivity contribution is -0.138. The summed E-state index contributed by atoms with van der Waals surface area (Å²) in [6.07, 6.45) is 14.0. The van der Waals surface area contributed by atoms with Crippen LogP contribution in [0.1, 0.15) is 95.8 Å². The van der Waals surface area contributed by atoms with Gasteiger partial charge >= 0.3 is 0 Å². The molecule has 1 atom stereocenters. The normalized spacial score (nSPS) is 21.1. The van der Waals surface area contributed by atoms with Gasteiger partial charge in [0.1, 0.15) is 12.4 Å². The second-order valence-electron chi connectivity index (χ2n) is 10.4. The fourth-order valence-electron chi connectivity index (χ4n) is 5.97. The average Bonchev–Trinajstić information content (AvgIpc) is 3.63. The zero-order valence-electron chi connectivity index (χ0n) is 20.0. The van der Waals surface area contributed by atoms with Gasteiger partial charge in [0.05, 0.1) is 17.1 Å². The number of fused-ring (bicyclic) bond motifs is 1. The smallest absolute Gasteiger partial charge is 0.243 e. The number of nitrogens with zero attached hydrogens (tertiary/aromatic N) is 3. The van der Waals surface area contributed by atoms with Crippen LogP contribution in [0.3, 0.4) is 0 Å². The summed E-state index contributed by atoms with van der Waals surface area (Å²) in [5, 5.41) is 3.14. The van der Waals surface area contributed by atoms with E-state index in [1.54, 1.807) is 0 Å². The zero-order chi connectivity index (χ0) is 22.8. The lowest BCUT2D eigenvalue weighted by Gasteiger charge is -2.42. The molecule has 6 nitrogen and oxygen atoms in total. The molecular weight excluding hydrogens is 412 g/mol. The van der Waals surface area contributed by atoms with E-state index in [-0.39, 0.29) is 23.8 Å². The molecule has 2 aromatic rings. The van der Waals surface area contributed by atoms with E-state index in [0.717, 1.165) is 55.4 Å². The third-order valence-electron chi connectivity index (χ3n) is 7.90. The standard InChI is InChI=1S/C27H38N4O2/c1-19(28-27(33)20-16-17-20)26-29-23-14-8-9-15-24(23)30(26)18-25(32)31(21-10-4-2-5-11-21)22-12-6-3-7-13-22/h8-9,14-15,19-22H,2-7,10-13,16-18H2,1H3,(H,28,33). The van der Waals surface area contributed by atoms with Gasteiger partial charge in [0.15, 0.2) is 0 Å². The van der Waals surface area contributed by atoms with Crippen molar-refractivity contribution in [3.8, 4) is 0 Å². The largest absolute Gasteiger partial charge is 0.346 e. The quantitative estimate of drug-likeness (QED) is 0.637. The highest BCUT2D eigenvalue weighted by atomic mass is 16.2. The summed E-state index contributed by atoms with van der Waals surface area (Å²) < 4.78 is 2.06. The molecule has 0 bridgehead atoms. The summed E-state index contributed by atoms with van der Waals surface area (Å²) in [4.78, 5) is 33.5. The average molecular weight is 451 g/mol. The fourth-order valence-corrected chi connectivity index (χ4v) is 5.97. The number of carbonyl (C=O) groups excluding carboxylic acids is 2. The second-order valence-corrected chi connectivity index (χ2v) is 10.4. The Morgan fingerprint density at radius 3 is 2.18 bits per heavy atom. The van der Waals surface area contributed by atoms with Crippen molar-refractivity contribution < 1.29 is 9.59 Å². The van der Waals surface area contributed by atoms with Gasteiger partial charge < -0.3 is 14.8 Å². The number of imidazole rings is 1. The molecule has 1 heterocycles. The van der Waals surface area contributed by atoms with Gasteiger partial charge in [-0.25, -0.2) is 4.98 Å². The van der Waals surface area contributed by atoms with E-state index in [2.05, 4.69) is 14.8 Å². The molecule has 1 aromatic carbocycles. The number of benzene rings is 1. The van der Waals surface area contributed by atoms with Crippen molar-refractivity contribution in [2.24, 2.45) is 5.92 Å². The maximum Gasteiger partial charge on any atom is 0.243 e. The van der Waals surface area contributed by atoms with Crippen molar-refractivity contribution in [3.63, 3.8) is 0 Å². The van der Waals surface area contributed by atoms with E-state index < -0.39 is 0 Å². The first-order valence-electron chi connectivity index (χ1n) is 13.2. The van der Waals surface area contributed by atoms with Crippen LogP contribution in [0.15, 0.2) is 24.3 Å².